The van der Waals surface area contributed by atoms with Gasteiger partial charge in [-0.15, -0.1) is 0 Å². The summed E-state index contributed by atoms with van der Waals surface area (Å²) in [6.45, 7) is 0. The Bertz CT molecular complexity index is 306. The molecule has 0 saturated heterocycles. The van der Waals surface area contributed by atoms with Gasteiger partial charge in [-0.2, -0.15) is 5.26 Å². The molecule has 0 bridgehead atoms. The fourth-order valence-corrected chi connectivity index (χ4v) is 0.933. The van der Waals surface area contributed by atoms with Crippen LogP contribution in [0.2, 0.25) is 0 Å². The van der Waals surface area contributed by atoms with Gasteiger partial charge in [0.1, 0.15) is 11.9 Å². The molecule has 0 aliphatic rings. The van der Waals surface area contributed by atoms with Crippen molar-refractivity contribution < 1.29 is 9.50 Å². The Hall–Kier alpha value is -1.40. The summed E-state index contributed by atoms with van der Waals surface area (Å²) in [6, 6.07) is 7.51. The van der Waals surface area contributed by atoms with E-state index in [1.807, 2.05) is 0 Å². The summed E-state index contributed by atoms with van der Waals surface area (Å²) in [5.74, 6) is -0.349. The van der Waals surface area contributed by atoms with E-state index < -0.39 is 6.10 Å². The van der Waals surface area contributed by atoms with Crippen LogP contribution < -0.4 is 0 Å². The Morgan fingerprint density at radius 2 is 2.33 bits per heavy atom. The number of aliphatic hydroxyl groups excluding tert-OH is 1. The predicted molar refractivity (Wildman–Crippen MR) is 41.7 cm³/mol. The molecule has 1 aromatic carbocycles. The van der Waals surface area contributed by atoms with Crippen molar-refractivity contribution in [2.24, 2.45) is 0 Å². The third-order valence-electron chi connectivity index (χ3n) is 1.47. The van der Waals surface area contributed by atoms with Crippen LogP contribution in [0.1, 0.15) is 5.56 Å². The summed E-state index contributed by atoms with van der Waals surface area (Å²) in [5.41, 5.74) is 0.629. The maximum atomic E-state index is 12.6. The van der Waals surface area contributed by atoms with Crippen LogP contribution in [0.15, 0.2) is 24.3 Å². The van der Waals surface area contributed by atoms with Gasteiger partial charge in [-0.25, -0.2) is 4.39 Å². The van der Waals surface area contributed by atoms with Gasteiger partial charge in [0.25, 0.3) is 0 Å². The molecule has 3 heteroatoms. The van der Waals surface area contributed by atoms with Crippen LogP contribution in [0.4, 0.5) is 4.39 Å². The zero-order chi connectivity index (χ0) is 8.97. The molecule has 62 valence electrons. The Kier molecular flexibility index (Phi) is 2.78. The largest absolute Gasteiger partial charge is 0.378 e. The number of rotatable bonds is 2. The molecule has 0 aromatic heterocycles. The minimum absolute atomic E-state index is 0.175. The first-order valence-electron chi connectivity index (χ1n) is 3.54. The van der Waals surface area contributed by atoms with Gasteiger partial charge >= 0.3 is 0 Å². The fourth-order valence-electron chi connectivity index (χ4n) is 0.933. The highest BCUT2D eigenvalue weighted by Gasteiger charge is 2.03. The van der Waals surface area contributed by atoms with Crippen LogP contribution >= 0.6 is 0 Å². The summed E-state index contributed by atoms with van der Waals surface area (Å²) < 4.78 is 12.6. The molecule has 0 saturated carbocycles. The number of halogens is 1. The molecule has 1 N–H and O–H groups in total. The van der Waals surface area contributed by atoms with Crippen molar-refractivity contribution in [1.29, 1.82) is 5.26 Å². The summed E-state index contributed by atoms with van der Waals surface area (Å²) in [7, 11) is 0. The Morgan fingerprint density at radius 1 is 1.58 bits per heavy atom. The van der Waals surface area contributed by atoms with Gasteiger partial charge < -0.3 is 5.11 Å². The molecule has 1 rings (SSSR count). The quantitative estimate of drug-likeness (QED) is 0.670. The van der Waals surface area contributed by atoms with Gasteiger partial charge in [-0.05, 0) is 17.7 Å². The number of hydrogen-bond acceptors (Lipinski definition) is 2. The third-order valence-corrected chi connectivity index (χ3v) is 1.47. The van der Waals surface area contributed by atoms with E-state index in [1.165, 1.54) is 12.1 Å². The normalized spacial score (nSPS) is 12.1. The van der Waals surface area contributed by atoms with E-state index in [4.69, 9.17) is 10.4 Å². The number of nitrogens with zero attached hydrogens (tertiary/aromatic N) is 1. The van der Waals surface area contributed by atoms with E-state index in [0.717, 1.165) is 0 Å². The average molecular weight is 165 g/mol. The molecule has 1 aromatic rings. The van der Waals surface area contributed by atoms with Gasteiger partial charge in [0.15, 0.2) is 0 Å². The van der Waals surface area contributed by atoms with Crippen LogP contribution in [-0.2, 0) is 6.42 Å². The van der Waals surface area contributed by atoms with Crippen LogP contribution in [0.3, 0.4) is 0 Å². The SMILES string of the molecule is N#CC(O)Cc1cccc(F)c1. The van der Waals surface area contributed by atoms with Crippen LogP contribution in [0.5, 0.6) is 0 Å². The first-order chi connectivity index (χ1) is 5.72. The monoisotopic (exact) mass is 165 g/mol. The molecule has 1 atom stereocenters. The lowest BCUT2D eigenvalue weighted by Crippen LogP contribution is -2.06. The number of benzene rings is 1. The van der Waals surface area contributed by atoms with Gasteiger partial charge in [0.05, 0.1) is 6.07 Å². The van der Waals surface area contributed by atoms with E-state index in [-0.39, 0.29) is 12.2 Å². The van der Waals surface area contributed by atoms with E-state index in [1.54, 1.807) is 18.2 Å². The maximum absolute atomic E-state index is 12.6. The van der Waals surface area contributed by atoms with Crippen molar-refractivity contribution in [3.8, 4) is 6.07 Å². The van der Waals surface area contributed by atoms with Crippen molar-refractivity contribution in [2.45, 2.75) is 12.5 Å². The van der Waals surface area contributed by atoms with Crippen molar-refractivity contribution in [3.05, 3.63) is 35.6 Å². The second-order valence-electron chi connectivity index (χ2n) is 2.48. The second kappa shape index (κ2) is 3.84. The van der Waals surface area contributed by atoms with Gasteiger partial charge in [0.2, 0.25) is 0 Å². The lowest BCUT2D eigenvalue weighted by molar-refractivity contribution is 0.231. The molecular weight excluding hydrogens is 157 g/mol. The molecule has 0 fully saturated rings. The first-order valence-corrected chi connectivity index (χ1v) is 3.54. The molecule has 0 aliphatic carbocycles. The van der Waals surface area contributed by atoms with Crippen LogP contribution in [0.25, 0.3) is 0 Å². The molecule has 0 amide bonds. The lowest BCUT2D eigenvalue weighted by atomic mass is 10.1. The van der Waals surface area contributed by atoms with Crippen molar-refractivity contribution >= 4 is 0 Å². The highest BCUT2D eigenvalue weighted by molar-refractivity contribution is 5.18. The topological polar surface area (TPSA) is 44.0 Å². The van der Waals surface area contributed by atoms with Gasteiger partial charge in [-0.1, -0.05) is 12.1 Å². The second-order valence-corrected chi connectivity index (χ2v) is 2.48. The van der Waals surface area contributed by atoms with Gasteiger partial charge in [-0.3, -0.25) is 0 Å². The average Bonchev–Trinajstić information content (AvgIpc) is 2.04. The van der Waals surface area contributed by atoms with Crippen LogP contribution in [0, 0.1) is 17.1 Å². The standard InChI is InChI=1S/C9H8FNO/c10-8-3-1-2-7(4-8)5-9(12)6-11/h1-4,9,12H,5H2. The first kappa shape index (κ1) is 8.69. The summed E-state index contributed by atoms with van der Waals surface area (Å²) in [4.78, 5) is 0. The number of nitriles is 1. The van der Waals surface area contributed by atoms with Crippen molar-refractivity contribution in [3.63, 3.8) is 0 Å². The number of hydrogen-bond donors (Lipinski definition) is 1. The predicted octanol–water partition coefficient (Wildman–Crippen LogP) is 1.25. The smallest absolute Gasteiger partial charge is 0.144 e. The maximum Gasteiger partial charge on any atom is 0.144 e. The van der Waals surface area contributed by atoms with E-state index in [9.17, 15) is 4.39 Å². The molecule has 1 unspecified atom stereocenters. The van der Waals surface area contributed by atoms with Gasteiger partial charge in [0, 0.05) is 6.42 Å². The van der Waals surface area contributed by atoms with E-state index >= 15 is 0 Å². The van der Waals surface area contributed by atoms with E-state index in [2.05, 4.69) is 0 Å². The molecule has 0 aliphatic heterocycles. The zero-order valence-corrected chi connectivity index (χ0v) is 6.37. The molecule has 2 nitrogen and oxygen atoms in total. The molecule has 0 heterocycles. The molecule has 0 radical (unpaired) electrons. The highest BCUT2D eigenvalue weighted by Crippen LogP contribution is 2.05. The minimum Gasteiger partial charge on any atom is -0.378 e. The molecular formula is C9H8FNO. The lowest BCUT2D eigenvalue weighted by Gasteiger charge is -2.00. The molecule has 0 spiro atoms. The Morgan fingerprint density at radius 3 is 2.92 bits per heavy atom. The van der Waals surface area contributed by atoms with Crippen molar-refractivity contribution in [2.75, 3.05) is 0 Å². The van der Waals surface area contributed by atoms with Crippen LogP contribution in [-0.4, -0.2) is 11.2 Å². The summed E-state index contributed by atoms with van der Waals surface area (Å²) >= 11 is 0. The third kappa shape index (κ3) is 2.33. The number of aliphatic hydroxyl groups is 1. The Balaban J connectivity index is 2.71. The summed E-state index contributed by atoms with van der Waals surface area (Å²) in [5, 5.41) is 17.2. The zero-order valence-electron chi connectivity index (χ0n) is 6.37. The van der Waals surface area contributed by atoms with E-state index in [0.29, 0.717) is 5.56 Å². The summed E-state index contributed by atoms with van der Waals surface area (Å²) in [6.07, 6.45) is -0.874. The fraction of sp³-hybridized carbons (Fsp3) is 0.222. The minimum atomic E-state index is -1.05. The Labute approximate surface area is 69.9 Å². The molecule has 12 heavy (non-hydrogen) atoms. The van der Waals surface area contributed by atoms with Crippen molar-refractivity contribution in [1.82, 2.24) is 0 Å². The highest BCUT2D eigenvalue weighted by atomic mass is 19.1.